The lowest BCUT2D eigenvalue weighted by atomic mass is 9.87. The largest absolute Gasteiger partial charge is 0.396 e. The Morgan fingerprint density at radius 1 is 1.19 bits per heavy atom. The summed E-state index contributed by atoms with van der Waals surface area (Å²) in [6.45, 7) is 10.2. The van der Waals surface area contributed by atoms with Crippen molar-refractivity contribution in [1.29, 1.82) is 0 Å². The molecule has 168 valence electrons. The first-order chi connectivity index (χ1) is 15.5. The van der Waals surface area contributed by atoms with Crippen LogP contribution in [0.3, 0.4) is 0 Å². The predicted octanol–water partition coefficient (Wildman–Crippen LogP) is 4.87. The number of hydrogen-bond donors (Lipinski definition) is 2. The second-order valence-corrected chi connectivity index (χ2v) is 9.51. The predicted molar refractivity (Wildman–Crippen MR) is 129 cm³/mol. The Morgan fingerprint density at radius 2 is 2.00 bits per heavy atom. The number of likely N-dealkylation sites (tertiary alicyclic amines) is 1. The molecule has 0 bridgehead atoms. The maximum Gasteiger partial charge on any atom is 0.158 e. The Kier molecular flexibility index (Phi) is 5.74. The standard InChI is InChI=1S/C26H33N5O/c1-17(2)24-22-14-20(19-7-10-30(11-8-19)9-4-12-32)5-6-23(22)29-25(24)21-13-18(3)26-27-16-28-31(26)15-21/h5-6,13-17,19,29,32H,4,7-12H2,1-3H3. The van der Waals surface area contributed by atoms with Crippen LogP contribution >= 0.6 is 0 Å². The van der Waals surface area contributed by atoms with Gasteiger partial charge in [-0.05, 0) is 86.0 Å². The minimum atomic E-state index is 0.285. The van der Waals surface area contributed by atoms with Gasteiger partial charge in [0.2, 0.25) is 0 Å². The number of piperidine rings is 1. The van der Waals surface area contributed by atoms with Gasteiger partial charge in [0.1, 0.15) is 6.33 Å². The van der Waals surface area contributed by atoms with Crippen molar-refractivity contribution in [1.82, 2.24) is 24.5 Å². The van der Waals surface area contributed by atoms with E-state index >= 15 is 0 Å². The fourth-order valence-corrected chi connectivity index (χ4v) is 5.33. The first-order valence-electron chi connectivity index (χ1n) is 11.8. The lowest BCUT2D eigenvalue weighted by Crippen LogP contribution is -2.34. The molecule has 6 nitrogen and oxygen atoms in total. The zero-order chi connectivity index (χ0) is 22.2. The summed E-state index contributed by atoms with van der Waals surface area (Å²) < 4.78 is 1.87. The molecule has 0 amide bonds. The third kappa shape index (κ3) is 3.82. The van der Waals surface area contributed by atoms with E-state index in [-0.39, 0.29) is 6.61 Å². The Balaban J connectivity index is 1.50. The highest BCUT2D eigenvalue weighted by Gasteiger charge is 2.23. The van der Waals surface area contributed by atoms with E-state index in [0.29, 0.717) is 11.8 Å². The average Bonchev–Trinajstić information content (AvgIpc) is 3.42. The summed E-state index contributed by atoms with van der Waals surface area (Å²) in [6, 6.07) is 9.22. The van der Waals surface area contributed by atoms with E-state index in [1.54, 1.807) is 6.33 Å². The molecule has 1 fully saturated rings. The first-order valence-corrected chi connectivity index (χ1v) is 11.8. The quantitative estimate of drug-likeness (QED) is 0.457. The van der Waals surface area contributed by atoms with Gasteiger partial charge in [0.15, 0.2) is 5.65 Å². The van der Waals surface area contributed by atoms with Crippen molar-refractivity contribution in [2.45, 2.75) is 51.9 Å². The van der Waals surface area contributed by atoms with Crippen LogP contribution in [0.2, 0.25) is 0 Å². The number of pyridine rings is 1. The maximum absolute atomic E-state index is 9.10. The van der Waals surface area contributed by atoms with Crippen molar-refractivity contribution in [3.8, 4) is 11.3 Å². The summed E-state index contributed by atoms with van der Waals surface area (Å²) >= 11 is 0. The molecule has 0 unspecified atom stereocenters. The fraction of sp³-hybridized carbons (Fsp3) is 0.462. The molecule has 1 saturated heterocycles. The summed E-state index contributed by atoms with van der Waals surface area (Å²) in [6.07, 6.45) is 6.94. The number of benzene rings is 1. The van der Waals surface area contributed by atoms with Crippen molar-refractivity contribution in [3.63, 3.8) is 0 Å². The summed E-state index contributed by atoms with van der Waals surface area (Å²) in [5.74, 6) is 1.01. The van der Waals surface area contributed by atoms with E-state index in [0.717, 1.165) is 42.8 Å². The van der Waals surface area contributed by atoms with E-state index in [4.69, 9.17) is 5.11 Å². The van der Waals surface area contributed by atoms with Gasteiger partial charge in [-0.2, -0.15) is 5.10 Å². The molecule has 2 N–H and O–H groups in total. The summed E-state index contributed by atoms with van der Waals surface area (Å²) in [7, 11) is 0. The number of aliphatic hydroxyl groups is 1. The molecule has 0 atom stereocenters. The highest BCUT2D eigenvalue weighted by Crippen LogP contribution is 2.38. The highest BCUT2D eigenvalue weighted by molar-refractivity contribution is 5.92. The van der Waals surface area contributed by atoms with Gasteiger partial charge in [0.05, 0.1) is 5.69 Å². The number of hydrogen-bond acceptors (Lipinski definition) is 4. The fourth-order valence-electron chi connectivity index (χ4n) is 5.33. The Labute approximate surface area is 189 Å². The van der Waals surface area contributed by atoms with Crippen LogP contribution in [0.5, 0.6) is 0 Å². The molecule has 6 heteroatoms. The van der Waals surface area contributed by atoms with Gasteiger partial charge in [-0.15, -0.1) is 0 Å². The molecular weight excluding hydrogens is 398 g/mol. The van der Waals surface area contributed by atoms with Gasteiger partial charge in [-0.3, -0.25) is 0 Å². The smallest absolute Gasteiger partial charge is 0.158 e. The number of aromatic nitrogens is 4. The van der Waals surface area contributed by atoms with Gasteiger partial charge < -0.3 is 15.0 Å². The van der Waals surface area contributed by atoms with Crippen LogP contribution in [-0.4, -0.2) is 55.8 Å². The van der Waals surface area contributed by atoms with Crippen LogP contribution in [0.15, 0.2) is 36.8 Å². The van der Waals surface area contributed by atoms with Crippen LogP contribution in [-0.2, 0) is 0 Å². The maximum atomic E-state index is 9.10. The molecule has 1 aliphatic heterocycles. The Morgan fingerprint density at radius 3 is 2.75 bits per heavy atom. The molecule has 0 aliphatic carbocycles. The van der Waals surface area contributed by atoms with Crippen LogP contribution in [0.4, 0.5) is 0 Å². The normalized spacial score (nSPS) is 16.0. The minimum Gasteiger partial charge on any atom is -0.396 e. The second kappa shape index (κ2) is 8.68. The lowest BCUT2D eigenvalue weighted by molar-refractivity contribution is 0.187. The van der Waals surface area contributed by atoms with Crippen molar-refractivity contribution in [3.05, 3.63) is 53.5 Å². The molecule has 1 aromatic carbocycles. The zero-order valence-electron chi connectivity index (χ0n) is 19.3. The second-order valence-electron chi connectivity index (χ2n) is 9.51. The molecule has 1 aliphatic rings. The van der Waals surface area contributed by atoms with Crippen LogP contribution in [0.1, 0.15) is 61.6 Å². The van der Waals surface area contributed by atoms with Gasteiger partial charge in [-0.25, -0.2) is 9.50 Å². The van der Waals surface area contributed by atoms with Gasteiger partial charge in [0, 0.05) is 35.8 Å². The Hall–Kier alpha value is -2.70. The van der Waals surface area contributed by atoms with E-state index in [9.17, 15) is 0 Å². The molecule has 4 heterocycles. The van der Waals surface area contributed by atoms with Gasteiger partial charge in [0.25, 0.3) is 0 Å². The van der Waals surface area contributed by atoms with E-state index in [1.165, 1.54) is 40.6 Å². The van der Waals surface area contributed by atoms with Crippen molar-refractivity contribution in [2.24, 2.45) is 0 Å². The number of nitrogens with zero attached hydrogens (tertiary/aromatic N) is 4. The molecule has 0 spiro atoms. The third-order valence-electron chi connectivity index (χ3n) is 6.98. The molecule has 0 saturated carbocycles. The third-order valence-corrected chi connectivity index (χ3v) is 6.98. The minimum absolute atomic E-state index is 0.285. The summed E-state index contributed by atoms with van der Waals surface area (Å²) in [5.41, 5.74) is 8.40. The first kappa shape index (κ1) is 21.2. The molecule has 32 heavy (non-hydrogen) atoms. The van der Waals surface area contributed by atoms with Crippen LogP contribution in [0, 0.1) is 6.92 Å². The van der Waals surface area contributed by atoms with Crippen molar-refractivity contribution < 1.29 is 5.11 Å². The van der Waals surface area contributed by atoms with Crippen molar-refractivity contribution in [2.75, 3.05) is 26.2 Å². The zero-order valence-corrected chi connectivity index (χ0v) is 19.3. The van der Waals surface area contributed by atoms with E-state index < -0.39 is 0 Å². The van der Waals surface area contributed by atoms with Crippen LogP contribution < -0.4 is 0 Å². The number of aryl methyl sites for hydroxylation is 1. The van der Waals surface area contributed by atoms with E-state index in [1.807, 2.05) is 4.52 Å². The number of fused-ring (bicyclic) bond motifs is 2. The molecule has 4 aromatic rings. The molecule has 5 rings (SSSR count). The number of rotatable bonds is 6. The van der Waals surface area contributed by atoms with Crippen molar-refractivity contribution >= 4 is 16.6 Å². The average molecular weight is 432 g/mol. The number of aromatic amines is 1. The number of H-pyrrole nitrogens is 1. The summed E-state index contributed by atoms with van der Waals surface area (Å²) in [5, 5.41) is 14.8. The van der Waals surface area contributed by atoms with Crippen LogP contribution in [0.25, 0.3) is 27.8 Å². The monoisotopic (exact) mass is 431 g/mol. The van der Waals surface area contributed by atoms with E-state index in [2.05, 4.69) is 71.2 Å². The summed E-state index contributed by atoms with van der Waals surface area (Å²) in [4.78, 5) is 10.6. The number of nitrogens with one attached hydrogen (secondary N) is 1. The number of aliphatic hydroxyl groups excluding tert-OH is 1. The highest BCUT2D eigenvalue weighted by atomic mass is 16.3. The Bertz CT molecular complexity index is 1230. The molecule has 0 radical (unpaired) electrons. The SMILES string of the molecule is Cc1cc(-c2[nH]c3ccc(C4CCN(CCCO)CC4)cc3c2C(C)C)cn2ncnc12. The van der Waals surface area contributed by atoms with Gasteiger partial charge in [-0.1, -0.05) is 19.9 Å². The molecule has 3 aromatic heterocycles. The topological polar surface area (TPSA) is 69.5 Å². The molecular formula is C26H33N5O. The lowest BCUT2D eigenvalue weighted by Gasteiger charge is -2.32. The van der Waals surface area contributed by atoms with Gasteiger partial charge >= 0.3 is 0 Å².